The van der Waals surface area contributed by atoms with Gasteiger partial charge in [-0.15, -0.1) is 0 Å². The van der Waals surface area contributed by atoms with Gasteiger partial charge in [0, 0.05) is 6.54 Å². The molecule has 2 aromatic carbocycles. The van der Waals surface area contributed by atoms with Crippen LogP contribution < -0.4 is 0 Å². The molecule has 0 saturated carbocycles. The van der Waals surface area contributed by atoms with Crippen LogP contribution in [0.2, 0.25) is 5.02 Å². The average molecular weight is 362 g/mol. The lowest BCUT2D eigenvalue weighted by Gasteiger charge is -2.29. The highest BCUT2D eigenvalue weighted by Crippen LogP contribution is 2.37. The van der Waals surface area contributed by atoms with Gasteiger partial charge in [0.2, 0.25) is 0 Å². The summed E-state index contributed by atoms with van der Waals surface area (Å²) < 4.78 is 13.7. The van der Waals surface area contributed by atoms with E-state index >= 15 is 0 Å². The first-order chi connectivity index (χ1) is 11.9. The van der Waals surface area contributed by atoms with Gasteiger partial charge in [0.1, 0.15) is 5.82 Å². The van der Waals surface area contributed by atoms with Gasteiger partial charge in [0.15, 0.2) is 0 Å². The molecule has 6 heteroatoms. The predicted octanol–water partition coefficient (Wildman–Crippen LogP) is 4.33. The van der Waals surface area contributed by atoms with E-state index in [1.165, 1.54) is 18.2 Å². The zero-order valence-electron chi connectivity index (χ0n) is 13.6. The van der Waals surface area contributed by atoms with Gasteiger partial charge in [-0.05, 0) is 55.2 Å². The summed E-state index contributed by atoms with van der Waals surface area (Å²) in [5, 5.41) is 9.02. The number of halogens is 2. The van der Waals surface area contributed by atoms with Crippen molar-refractivity contribution in [3.05, 3.63) is 69.5 Å². The van der Waals surface area contributed by atoms with Crippen LogP contribution in [0.1, 0.15) is 51.2 Å². The van der Waals surface area contributed by atoms with E-state index in [0.717, 1.165) is 17.5 Å². The van der Waals surface area contributed by atoms with E-state index < -0.39 is 11.8 Å². The maximum Gasteiger partial charge on any atom is 0.335 e. The van der Waals surface area contributed by atoms with Crippen molar-refractivity contribution < 1.29 is 19.1 Å². The second-order valence-electron chi connectivity index (χ2n) is 5.97. The number of aryl methyl sites for hydroxylation is 1. The first-order valence-corrected chi connectivity index (χ1v) is 8.43. The third-order valence-electron chi connectivity index (χ3n) is 4.60. The van der Waals surface area contributed by atoms with Crippen molar-refractivity contribution >= 4 is 23.5 Å². The molecule has 1 aliphatic rings. The number of amides is 1. The van der Waals surface area contributed by atoms with Crippen LogP contribution in [0.5, 0.6) is 0 Å². The van der Waals surface area contributed by atoms with Crippen molar-refractivity contribution in [2.75, 3.05) is 6.54 Å². The highest BCUT2D eigenvalue weighted by atomic mass is 35.5. The molecule has 1 amide bonds. The lowest BCUT2D eigenvalue weighted by molar-refractivity contribution is 0.0687. The van der Waals surface area contributed by atoms with Crippen molar-refractivity contribution in [1.82, 2.24) is 4.90 Å². The summed E-state index contributed by atoms with van der Waals surface area (Å²) in [6, 6.07) is 8.91. The highest BCUT2D eigenvalue weighted by molar-refractivity contribution is 6.34. The van der Waals surface area contributed by atoms with E-state index in [0.29, 0.717) is 13.0 Å². The van der Waals surface area contributed by atoms with Crippen LogP contribution in [0.25, 0.3) is 0 Å². The van der Waals surface area contributed by atoms with Crippen LogP contribution in [0.15, 0.2) is 36.4 Å². The van der Waals surface area contributed by atoms with Crippen molar-refractivity contribution in [1.29, 1.82) is 0 Å². The summed E-state index contributed by atoms with van der Waals surface area (Å²) in [5.41, 5.74) is 2.18. The minimum absolute atomic E-state index is 0.117. The van der Waals surface area contributed by atoms with Crippen molar-refractivity contribution in [2.45, 2.75) is 25.8 Å². The normalized spacial score (nSPS) is 15.7. The first-order valence-electron chi connectivity index (χ1n) is 8.05. The zero-order chi connectivity index (χ0) is 18.1. The van der Waals surface area contributed by atoms with Crippen LogP contribution in [0.4, 0.5) is 4.39 Å². The quantitative estimate of drug-likeness (QED) is 0.881. The SMILES string of the molecule is CCN(C(=O)c1cccc(F)c1Cl)[C@@H]1CCc2ccc(C(=O)O)cc21. The molecule has 0 radical (unpaired) electrons. The number of rotatable bonds is 4. The van der Waals surface area contributed by atoms with Gasteiger partial charge in [-0.3, -0.25) is 4.79 Å². The molecule has 0 saturated heterocycles. The number of carbonyl (C=O) groups excluding carboxylic acids is 1. The monoisotopic (exact) mass is 361 g/mol. The van der Waals surface area contributed by atoms with Crippen LogP contribution in [0, 0.1) is 5.82 Å². The number of carboxylic acid groups (broad SMARTS) is 1. The van der Waals surface area contributed by atoms with Crippen LogP contribution in [-0.4, -0.2) is 28.4 Å². The maximum atomic E-state index is 13.7. The fourth-order valence-electron chi connectivity index (χ4n) is 3.37. The van der Waals surface area contributed by atoms with E-state index in [2.05, 4.69) is 0 Å². The largest absolute Gasteiger partial charge is 0.478 e. The topological polar surface area (TPSA) is 57.6 Å². The molecule has 0 aliphatic heterocycles. The number of aromatic carboxylic acids is 1. The summed E-state index contributed by atoms with van der Waals surface area (Å²) in [4.78, 5) is 25.8. The van der Waals surface area contributed by atoms with Crippen LogP contribution in [0.3, 0.4) is 0 Å². The molecule has 1 aliphatic carbocycles. The number of nitrogens with zero attached hydrogens (tertiary/aromatic N) is 1. The molecule has 0 unspecified atom stereocenters. The molecular weight excluding hydrogens is 345 g/mol. The third-order valence-corrected chi connectivity index (χ3v) is 4.98. The Morgan fingerprint density at radius 2 is 2.08 bits per heavy atom. The number of benzene rings is 2. The predicted molar refractivity (Wildman–Crippen MR) is 92.6 cm³/mol. The Kier molecular flexibility index (Phi) is 4.77. The Hall–Kier alpha value is -2.40. The molecule has 0 aromatic heterocycles. The molecule has 1 atom stereocenters. The van der Waals surface area contributed by atoms with Crippen molar-refractivity contribution in [3.63, 3.8) is 0 Å². The Balaban J connectivity index is 1.98. The molecule has 2 aromatic rings. The van der Waals surface area contributed by atoms with Crippen LogP contribution >= 0.6 is 11.6 Å². The fraction of sp³-hybridized carbons (Fsp3) is 0.263. The summed E-state index contributed by atoms with van der Waals surface area (Å²) in [6.45, 7) is 2.25. The molecule has 130 valence electrons. The minimum Gasteiger partial charge on any atom is -0.478 e. The summed E-state index contributed by atoms with van der Waals surface area (Å²) in [5.74, 6) is -2.00. The smallest absolute Gasteiger partial charge is 0.335 e. The first kappa shape index (κ1) is 17.4. The second kappa shape index (κ2) is 6.84. The van der Waals surface area contributed by atoms with Crippen molar-refractivity contribution in [2.24, 2.45) is 0 Å². The Morgan fingerprint density at radius 1 is 1.32 bits per heavy atom. The molecule has 0 fully saturated rings. The Bertz CT molecular complexity index is 853. The Morgan fingerprint density at radius 3 is 2.76 bits per heavy atom. The number of fused-ring (bicyclic) bond motifs is 1. The Labute approximate surface area is 149 Å². The van der Waals surface area contributed by atoms with Gasteiger partial charge in [0.05, 0.1) is 22.2 Å². The average Bonchev–Trinajstić information content (AvgIpc) is 3.01. The van der Waals surface area contributed by atoms with Gasteiger partial charge in [-0.1, -0.05) is 23.7 Å². The van der Waals surface area contributed by atoms with Gasteiger partial charge in [0.25, 0.3) is 5.91 Å². The lowest BCUT2D eigenvalue weighted by atomic mass is 10.0. The molecule has 1 N–H and O–H groups in total. The van der Waals surface area contributed by atoms with Gasteiger partial charge < -0.3 is 10.0 Å². The molecule has 0 spiro atoms. The van der Waals surface area contributed by atoms with Crippen LogP contribution in [-0.2, 0) is 6.42 Å². The van der Waals surface area contributed by atoms with E-state index in [1.807, 2.05) is 6.92 Å². The number of carbonyl (C=O) groups is 2. The molecule has 4 nitrogen and oxygen atoms in total. The van der Waals surface area contributed by atoms with Crippen molar-refractivity contribution in [3.8, 4) is 0 Å². The van der Waals surface area contributed by atoms with Gasteiger partial charge >= 0.3 is 5.97 Å². The number of carboxylic acids is 1. The molecule has 25 heavy (non-hydrogen) atoms. The summed E-state index contributed by atoms with van der Waals surface area (Å²) >= 11 is 5.96. The van der Waals surface area contributed by atoms with E-state index in [9.17, 15) is 19.1 Å². The number of hydrogen-bond donors (Lipinski definition) is 1. The minimum atomic E-state index is -1.00. The van der Waals surface area contributed by atoms with E-state index in [4.69, 9.17) is 11.6 Å². The molecular formula is C19H17ClFNO3. The second-order valence-corrected chi connectivity index (χ2v) is 6.34. The van der Waals surface area contributed by atoms with Gasteiger partial charge in [-0.25, -0.2) is 9.18 Å². The molecule has 0 heterocycles. The zero-order valence-corrected chi connectivity index (χ0v) is 14.4. The highest BCUT2D eigenvalue weighted by Gasteiger charge is 2.32. The standard InChI is InChI=1S/C19H17ClFNO3/c1-2-22(18(23)13-4-3-5-15(21)17(13)20)16-9-8-11-6-7-12(19(24)25)10-14(11)16/h3-7,10,16H,2,8-9H2,1H3,(H,24,25)/t16-/m1/s1. The number of hydrogen-bond acceptors (Lipinski definition) is 2. The third kappa shape index (κ3) is 3.12. The summed E-state index contributed by atoms with van der Waals surface area (Å²) in [7, 11) is 0. The van der Waals surface area contributed by atoms with E-state index in [-0.39, 0.29) is 28.1 Å². The maximum absolute atomic E-state index is 13.7. The summed E-state index contributed by atoms with van der Waals surface area (Å²) in [6.07, 6.45) is 1.46. The molecule has 3 rings (SSSR count). The van der Waals surface area contributed by atoms with Gasteiger partial charge in [-0.2, -0.15) is 0 Å². The van der Waals surface area contributed by atoms with E-state index in [1.54, 1.807) is 23.1 Å². The molecule has 0 bridgehead atoms. The fourth-order valence-corrected chi connectivity index (χ4v) is 3.57. The lowest BCUT2D eigenvalue weighted by Crippen LogP contribution is -2.34.